The van der Waals surface area contributed by atoms with Gasteiger partial charge in [-0.15, -0.1) is 0 Å². The first-order valence-corrected chi connectivity index (χ1v) is 7.18. The Balaban J connectivity index is 2.21. The van der Waals surface area contributed by atoms with Gasteiger partial charge in [-0.2, -0.15) is 0 Å². The van der Waals surface area contributed by atoms with Crippen LogP contribution in [-0.4, -0.2) is 25.2 Å². The first kappa shape index (κ1) is 14.2. The van der Waals surface area contributed by atoms with E-state index in [-0.39, 0.29) is 11.9 Å². The standard InChI is InChI=1S/C14H18BrNO3/c1-8(2)9(3)16-14(17)10-6-11(15)13-12(7-10)18-4-5-19-13/h6-9H,4-5H2,1-3H3,(H,16,17)/t9-/m0/s1. The molecule has 1 aliphatic heterocycles. The molecule has 0 aromatic heterocycles. The topological polar surface area (TPSA) is 47.6 Å². The van der Waals surface area contributed by atoms with E-state index in [2.05, 4.69) is 35.1 Å². The van der Waals surface area contributed by atoms with Crippen LogP contribution in [0.15, 0.2) is 16.6 Å². The van der Waals surface area contributed by atoms with E-state index in [9.17, 15) is 4.79 Å². The number of amides is 1. The Morgan fingerprint density at radius 2 is 1.95 bits per heavy atom. The van der Waals surface area contributed by atoms with Gasteiger partial charge in [0.1, 0.15) is 13.2 Å². The van der Waals surface area contributed by atoms with E-state index < -0.39 is 0 Å². The third kappa shape index (κ3) is 3.21. The minimum Gasteiger partial charge on any atom is -0.486 e. The number of hydrogen-bond donors (Lipinski definition) is 1. The molecule has 2 rings (SSSR count). The van der Waals surface area contributed by atoms with Gasteiger partial charge in [0.2, 0.25) is 0 Å². The molecule has 1 aromatic rings. The average molecular weight is 328 g/mol. The zero-order valence-corrected chi connectivity index (χ0v) is 12.9. The van der Waals surface area contributed by atoms with Crippen LogP contribution in [0.4, 0.5) is 0 Å². The number of rotatable bonds is 3. The van der Waals surface area contributed by atoms with E-state index in [1.165, 1.54) is 0 Å². The summed E-state index contributed by atoms with van der Waals surface area (Å²) in [6.45, 7) is 7.18. The number of carbonyl (C=O) groups excluding carboxylic acids is 1. The monoisotopic (exact) mass is 327 g/mol. The molecule has 1 N–H and O–H groups in total. The molecule has 1 aromatic carbocycles. The lowest BCUT2D eigenvalue weighted by molar-refractivity contribution is 0.0929. The van der Waals surface area contributed by atoms with Crippen molar-refractivity contribution in [2.75, 3.05) is 13.2 Å². The van der Waals surface area contributed by atoms with Gasteiger partial charge in [-0.05, 0) is 40.9 Å². The number of ether oxygens (including phenoxy) is 2. The molecule has 1 aliphatic rings. The molecule has 0 saturated carbocycles. The van der Waals surface area contributed by atoms with Crippen molar-refractivity contribution >= 4 is 21.8 Å². The van der Waals surface area contributed by atoms with Crippen LogP contribution < -0.4 is 14.8 Å². The highest BCUT2D eigenvalue weighted by Crippen LogP contribution is 2.38. The molecule has 1 atom stereocenters. The molecule has 5 heteroatoms. The summed E-state index contributed by atoms with van der Waals surface area (Å²) in [6.07, 6.45) is 0. The molecule has 1 heterocycles. The zero-order chi connectivity index (χ0) is 14.0. The van der Waals surface area contributed by atoms with Gasteiger partial charge >= 0.3 is 0 Å². The van der Waals surface area contributed by atoms with Crippen molar-refractivity contribution in [1.82, 2.24) is 5.32 Å². The fourth-order valence-electron chi connectivity index (χ4n) is 1.70. The van der Waals surface area contributed by atoms with Gasteiger partial charge < -0.3 is 14.8 Å². The average Bonchev–Trinajstić information content (AvgIpc) is 2.38. The molecule has 0 fully saturated rings. The predicted octanol–water partition coefficient (Wildman–Crippen LogP) is 2.99. The Labute approximate surface area is 121 Å². The maximum atomic E-state index is 12.2. The summed E-state index contributed by atoms with van der Waals surface area (Å²) in [7, 11) is 0. The van der Waals surface area contributed by atoms with Crippen LogP contribution in [0.1, 0.15) is 31.1 Å². The molecular weight excluding hydrogens is 310 g/mol. The van der Waals surface area contributed by atoms with Gasteiger partial charge in [-0.3, -0.25) is 4.79 Å². The summed E-state index contributed by atoms with van der Waals surface area (Å²) in [5.74, 6) is 1.58. The fraction of sp³-hybridized carbons (Fsp3) is 0.500. The van der Waals surface area contributed by atoms with E-state index in [0.29, 0.717) is 36.2 Å². The van der Waals surface area contributed by atoms with Crippen LogP contribution in [0.3, 0.4) is 0 Å². The van der Waals surface area contributed by atoms with Crippen molar-refractivity contribution in [3.05, 3.63) is 22.2 Å². The lowest BCUT2D eigenvalue weighted by atomic mass is 10.1. The van der Waals surface area contributed by atoms with Crippen molar-refractivity contribution in [2.45, 2.75) is 26.8 Å². The molecule has 1 amide bonds. The molecule has 0 spiro atoms. The molecule has 0 saturated heterocycles. The van der Waals surface area contributed by atoms with Crippen molar-refractivity contribution < 1.29 is 14.3 Å². The lowest BCUT2D eigenvalue weighted by Gasteiger charge is -2.21. The zero-order valence-electron chi connectivity index (χ0n) is 11.3. The second kappa shape index (κ2) is 5.82. The normalized spacial score (nSPS) is 15.2. The molecule has 104 valence electrons. The van der Waals surface area contributed by atoms with Gasteiger partial charge in [0.25, 0.3) is 5.91 Å². The Kier molecular flexibility index (Phi) is 4.34. The largest absolute Gasteiger partial charge is 0.486 e. The molecule has 0 aliphatic carbocycles. The first-order chi connectivity index (χ1) is 8.99. The quantitative estimate of drug-likeness (QED) is 0.928. The highest BCUT2D eigenvalue weighted by atomic mass is 79.9. The Bertz CT molecular complexity index is 488. The van der Waals surface area contributed by atoms with Gasteiger partial charge in [-0.1, -0.05) is 13.8 Å². The van der Waals surface area contributed by atoms with E-state index >= 15 is 0 Å². The van der Waals surface area contributed by atoms with Gasteiger partial charge in [-0.25, -0.2) is 0 Å². The predicted molar refractivity (Wildman–Crippen MR) is 76.9 cm³/mol. The van der Waals surface area contributed by atoms with E-state index in [1.807, 2.05) is 6.92 Å². The summed E-state index contributed by atoms with van der Waals surface area (Å²) >= 11 is 3.41. The van der Waals surface area contributed by atoms with Crippen molar-refractivity contribution in [2.24, 2.45) is 5.92 Å². The van der Waals surface area contributed by atoms with Gasteiger partial charge in [0.15, 0.2) is 11.5 Å². The number of fused-ring (bicyclic) bond motifs is 1. The lowest BCUT2D eigenvalue weighted by Crippen LogP contribution is -2.36. The molecule has 4 nitrogen and oxygen atoms in total. The second-order valence-corrected chi connectivity index (χ2v) is 5.84. The second-order valence-electron chi connectivity index (χ2n) is 4.99. The fourth-order valence-corrected chi connectivity index (χ4v) is 2.26. The molecule has 0 unspecified atom stereocenters. The van der Waals surface area contributed by atoms with Crippen molar-refractivity contribution in [1.29, 1.82) is 0 Å². The van der Waals surface area contributed by atoms with Crippen LogP contribution in [-0.2, 0) is 0 Å². The molecule has 0 radical (unpaired) electrons. The number of carbonyl (C=O) groups is 1. The molecule has 19 heavy (non-hydrogen) atoms. The van der Waals surface area contributed by atoms with Crippen molar-refractivity contribution in [3.63, 3.8) is 0 Å². The number of hydrogen-bond acceptors (Lipinski definition) is 3. The van der Waals surface area contributed by atoms with E-state index in [0.717, 1.165) is 4.47 Å². The number of nitrogens with one attached hydrogen (secondary N) is 1. The molecular formula is C14H18BrNO3. The SMILES string of the molecule is CC(C)[C@H](C)NC(=O)c1cc(Br)c2c(c1)OCCO2. The van der Waals surface area contributed by atoms with Gasteiger partial charge in [0, 0.05) is 11.6 Å². The molecule has 0 bridgehead atoms. The summed E-state index contributed by atoms with van der Waals surface area (Å²) in [4.78, 5) is 12.2. The summed E-state index contributed by atoms with van der Waals surface area (Å²) in [5.41, 5.74) is 0.573. The minimum atomic E-state index is -0.0983. The van der Waals surface area contributed by atoms with Crippen LogP contribution in [0.25, 0.3) is 0 Å². The summed E-state index contributed by atoms with van der Waals surface area (Å²) in [6, 6.07) is 3.61. The highest BCUT2D eigenvalue weighted by molar-refractivity contribution is 9.10. The third-order valence-electron chi connectivity index (χ3n) is 3.22. The Hall–Kier alpha value is -1.23. The van der Waals surface area contributed by atoms with Gasteiger partial charge in [0.05, 0.1) is 4.47 Å². The van der Waals surface area contributed by atoms with Crippen molar-refractivity contribution in [3.8, 4) is 11.5 Å². The number of halogens is 1. The minimum absolute atomic E-state index is 0.0983. The van der Waals surface area contributed by atoms with E-state index in [1.54, 1.807) is 12.1 Å². The Morgan fingerprint density at radius 3 is 2.63 bits per heavy atom. The van der Waals surface area contributed by atoms with E-state index in [4.69, 9.17) is 9.47 Å². The van der Waals surface area contributed by atoms with Crippen LogP contribution in [0, 0.1) is 5.92 Å². The van der Waals surface area contributed by atoms with Crippen LogP contribution in [0.2, 0.25) is 0 Å². The maximum Gasteiger partial charge on any atom is 0.251 e. The highest BCUT2D eigenvalue weighted by Gasteiger charge is 2.20. The first-order valence-electron chi connectivity index (χ1n) is 6.39. The van der Waals surface area contributed by atoms with Crippen LogP contribution in [0.5, 0.6) is 11.5 Å². The maximum absolute atomic E-state index is 12.2. The summed E-state index contributed by atoms with van der Waals surface area (Å²) in [5, 5.41) is 2.97. The number of benzene rings is 1. The Morgan fingerprint density at radius 1 is 1.26 bits per heavy atom. The van der Waals surface area contributed by atoms with Crippen LogP contribution >= 0.6 is 15.9 Å². The third-order valence-corrected chi connectivity index (χ3v) is 3.81. The summed E-state index contributed by atoms with van der Waals surface area (Å²) < 4.78 is 11.8. The smallest absolute Gasteiger partial charge is 0.251 e.